The molecule has 6 heteroatoms. The minimum Gasteiger partial charge on any atom is -0.383 e. The summed E-state index contributed by atoms with van der Waals surface area (Å²) >= 11 is 5.61. The zero-order valence-corrected chi connectivity index (χ0v) is 16.1. The van der Waals surface area contributed by atoms with Gasteiger partial charge >= 0.3 is 0 Å². The molecule has 134 valence electrons. The van der Waals surface area contributed by atoms with Gasteiger partial charge in [-0.25, -0.2) is 0 Å². The van der Waals surface area contributed by atoms with E-state index >= 15 is 0 Å². The lowest BCUT2D eigenvalue weighted by Gasteiger charge is -2.27. The Labute approximate surface area is 155 Å². The Morgan fingerprint density at radius 2 is 2.12 bits per heavy atom. The molecule has 0 aliphatic carbocycles. The van der Waals surface area contributed by atoms with Crippen LogP contribution in [0.25, 0.3) is 0 Å². The number of likely N-dealkylation sites (N-methyl/N-ethyl adjacent to an activating group) is 1. The van der Waals surface area contributed by atoms with Gasteiger partial charge in [-0.1, -0.05) is 6.07 Å². The molecule has 1 aliphatic rings. The molecule has 2 atom stereocenters. The quantitative estimate of drug-likeness (QED) is 0.804. The first-order valence-corrected chi connectivity index (χ1v) is 9.13. The van der Waals surface area contributed by atoms with Crippen molar-refractivity contribution in [2.24, 2.45) is 0 Å². The zero-order chi connectivity index (χ0) is 18.0. The predicted molar refractivity (Wildman–Crippen MR) is 104 cm³/mol. The van der Waals surface area contributed by atoms with Gasteiger partial charge in [0.2, 0.25) is 0 Å². The summed E-state index contributed by atoms with van der Waals surface area (Å²) in [6.45, 7) is 8.91. The Morgan fingerprint density at radius 1 is 1.32 bits per heavy atom. The summed E-state index contributed by atoms with van der Waals surface area (Å²) in [5.41, 5.74) is 4.84. The van der Waals surface area contributed by atoms with Crippen LogP contribution in [0.5, 0.6) is 0 Å². The Morgan fingerprint density at radius 3 is 2.76 bits per heavy atom. The van der Waals surface area contributed by atoms with Crippen molar-refractivity contribution >= 4 is 17.3 Å². The van der Waals surface area contributed by atoms with Gasteiger partial charge in [0.15, 0.2) is 5.11 Å². The Kier molecular flexibility index (Phi) is 5.39. The van der Waals surface area contributed by atoms with Gasteiger partial charge in [-0.05, 0) is 56.8 Å². The van der Waals surface area contributed by atoms with Crippen LogP contribution in [0.1, 0.15) is 41.7 Å². The van der Waals surface area contributed by atoms with Crippen molar-refractivity contribution in [1.82, 2.24) is 19.8 Å². The molecule has 0 aromatic carbocycles. The lowest BCUT2D eigenvalue weighted by molar-refractivity contribution is 0.186. The fourth-order valence-electron chi connectivity index (χ4n) is 3.74. The van der Waals surface area contributed by atoms with Crippen LogP contribution in [-0.4, -0.2) is 39.8 Å². The smallest absolute Gasteiger partial charge is 0.170 e. The number of hydrogen-bond donors (Lipinski definition) is 1. The van der Waals surface area contributed by atoms with Crippen LogP contribution in [-0.2, 0) is 11.3 Å². The van der Waals surface area contributed by atoms with E-state index in [-0.39, 0.29) is 12.1 Å². The van der Waals surface area contributed by atoms with Gasteiger partial charge in [0.1, 0.15) is 0 Å². The maximum Gasteiger partial charge on any atom is 0.170 e. The molecule has 2 aromatic heterocycles. The van der Waals surface area contributed by atoms with Crippen LogP contribution in [0.3, 0.4) is 0 Å². The average Bonchev–Trinajstić information content (AvgIpc) is 3.10. The van der Waals surface area contributed by atoms with Crippen molar-refractivity contribution in [2.45, 2.75) is 39.4 Å². The molecule has 5 nitrogen and oxygen atoms in total. The first kappa shape index (κ1) is 17.9. The van der Waals surface area contributed by atoms with Crippen LogP contribution < -0.4 is 5.32 Å². The molecular weight excluding hydrogens is 332 g/mol. The lowest BCUT2D eigenvalue weighted by atomic mass is 9.97. The number of methoxy groups -OCH3 is 1. The molecule has 3 rings (SSSR count). The van der Waals surface area contributed by atoms with Gasteiger partial charge in [0, 0.05) is 37.8 Å². The van der Waals surface area contributed by atoms with E-state index in [1.54, 1.807) is 7.11 Å². The van der Waals surface area contributed by atoms with Gasteiger partial charge in [-0.15, -0.1) is 0 Å². The molecular formula is C19H26N4OS. The number of aromatic nitrogens is 2. The minimum absolute atomic E-state index is 0.0602. The third kappa shape index (κ3) is 3.28. The van der Waals surface area contributed by atoms with Gasteiger partial charge in [0.25, 0.3) is 0 Å². The summed E-state index contributed by atoms with van der Waals surface area (Å²) in [5, 5.41) is 4.28. The van der Waals surface area contributed by atoms with Gasteiger partial charge in [0.05, 0.1) is 24.4 Å². The van der Waals surface area contributed by atoms with E-state index < -0.39 is 0 Å². The molecule has 3 heterocycles. The van der Waals surface area contributed by atoms with Crippen molar-refractivity contribution in [2.75, 3.05) is 20.3 Å². The number of nitrogens with one attached hydrogen (secondary N) is 1. The van der Waals surface area contributed by atoms with Gasteiger partial charge in [-0.3, -0.25) is 4.98 Å². The molecule has 2 aromatic rings. The summed E-state index contributed by atoms with van der Waals surface area (Å²) in [6.07, 6.45) is 1.84. The third-order valence-corrected chi connectivity index (χ3v) is 5.34. The number of aryl methyl sites for hydroxylation is 1. The standard InChI is InChI=1S/C19H26N4OS/c1-5-22-18(15-12-13(2)23(14(15)3)10-11-24-4)17(21-19(22)25)16-8-6-7-9-20-16/h6-9,12,17-18H,5,10-11H2,1-4H3,(H,21,25)/t17-,18+/m1/s1. The molecule has 0 saturated carbocycles. The molecule has 0 unspecified atom stereocenters. The number of pyridine rings is 1. The maximum atomic E-state index is 5.61. The van der Waals surface area contributed by atoms with Crippen LogP contribution in [0, 0.1) is 13.8 Å². The van der Waals surface area contributed by atoms with Crippen LogP contribution in [0.2, 0.25) is 0 Å². The van der Waals surface area contributed by atoms with Crippen LogP contribution in [0.4, 0.5) is 0 Å². The Bertz CT molecular complexity index is 743. The van der Waals surface area contributed by atoms with E-state index in [9.17, 15) is 0 Å². The SMILES string of the molecule is CCN1C(=S)N[C@H](c2ccccn2)[C@@H]1c1cc(C)n(CCOC)c1C. The number of nitrogens with zero attached hydrogens (tertiary/aromatic N) is 3. The maximum absolute atomic E-state index is 5.61. The summed E-state index contributed by atoms with van der Waals surface area (Å²) in [6, 6.07) is 8.53. The van der Waals surface area contributed by atoms with Crippen molar-refractivity contribution in [1.29, 1.82) is 0 Å². The zero-order valence-electron chi connectivity index (χ0n) is 15.3. The van der Waals surface area contributed by atoms with E-state index in [1.807, 2.05) is 18.3 Å². The third-order valence-electron chi connectivity index (χ3n) is 4.99. The molecule has 0 bridgehead atoms. The second-order valence-corrected chi connectivity index (χ2v) is 6.77. The highest BCUT2D eigenvalue weighted by atomic mass is 32.1. The molecule has 1 N–H and O–H groups in total. The van der Waals surface area contributed by atoms with Crippen LogP contribution >= 0.6 is 12.2 Å². The largest absolute Gasteiger partial charge is 0.383 e. The summed E-state index contributed by atoms with van der Waals surface area (Å²) in [5.74, 6) is 0. The number of hydrogen-bond acceptors (Lipinski definition) is 3. The Balaban J connectivity index is 2.03. The molecule has 0 amide bonds. The van der Waals surface area contributed by atoms with Crippen LogP contribution in [0.15, 0.2) is 30.5 Å². The van der Waals surface area contributed by atoms with Crippen molar-refractivity contribution < 1.29 is 4.74 Å². The molecule has 25 heavy (non-hydrogen) atoms. The molecule has 1 fully saturated rings. The van der Waals surface area contributed by atoms with E-state index in [4.69, 9.17) is 17.0 Å². The molecule has 1 aliphatic heterocycles. The van der Waals surface area contributed by atoms with E-state index in [1.165, 1.54) is 17.0 Å². The summed E-state index contributed by atoms with van der Waals surface area (Å²) in [7, 11) is 1.74. The highest BCUT2D eigenvalue weighted by Gasteiger charge is 2.40. The second-order valence-electron chi connectivity index (χ2n) is 6.38. The number of rotatable bonds is 6. The lowest BCUT2D eigenvalue weighted by Crippen LogP contribution is -2.29. The van der Waals surface area contributed by atoms with Gasteiger partial charge < -0.3 is 19.5 Å². The highest BCUT2D eigenvalue weighted by molar-refractivity contribution is 7.80. The van der Waals surface area contributed by atoms with Crippen molar-refractivity contribution in [3.63, 3.8) is 0 Å². The average molecular weight is 359 g/mol. The minimum atomic E-state index is 0.0602. The molecule has 1 saturated heterocycles. The normalized spacial score (nSPS) is 20.2. The Hall–Kier alpha value is -1.92. The van der Waals surface area contributed by atoms with Gasteiger partial charge in [-0.2, -0.15) is 0 Å². The monoisotopic (exact) mass is 358 g/mol. The first-order chi connectivity index (χ1) is 12.1. The van der Waals surface area contributed by atoms with Crippen molar-refractivity contribution in [3.8, 4) is 0 Å². The summed E-state index contributed by atoms with van der Waals surface area (Å²) < 4.78 is 7.59. The van der Waals surface area contributed by atoms with E-state index in [2.05, 4.69) is 52.7 Å². The van der Waals surface area contributed by atoms with Crippen molar-refractivity contribution in [3.05, 3.63) is 53.1 Å². The molecule has 0 radical (unpaired) electrons. The number of thiocarbonyl (C=S) groups is 1. The topological polar surface area (TPSA) is 42.3 Å². The fourth-order valence-corrected chi connectivity index (χ4v) is 4.11. The molecule has 0 spiro atoms. The van der Waals surface area contributed by atoms with E-state index in [0.29, 0.717) is 6.61 Å². The second kappa shape index (κ2) is 7.54. The number of ether oxygens (including phenoxy) is 1. The fraction of sp³-hybridized carbons (Fsp3) is 0.474. The highest BCUT2D eigenvalue weighted by Crippen LogP contribution is 2.40. The van der Waals surface area contributed by atoms with E-state index in [0.717, 1.165) is 23.9 Å². The first-order valence-electron chi connectivity index (χ1n) is 8.72. The predicted octanol–water partition coefficient (Wildman–Crippen LogP) is 3.14. The summed E-state index contributed by atoms with van der Waals surface area (Å²) in [4.78, 5) is 6.83.